The average Bonchev–Trinajstić information content (AvgIpc) is 2.21. The lowest BCUT2D eigenvalue weighted by Crippen LogP contribution is -2.35. The number of hydrogen-bond acceptors (Lipinski definition) is 4. The zero-order chi connectivity index (χ0) is 10.8. The van der Waals surface area contributed by atoms with Crippen molar-refractivity contribution in [3.63, 3.8) is 0 Å². The van der Waals surface area contributed by atoms with Crippen LogP contribution in [-0.4, -0.2) is 45.9 Å². The van der Waals surface area contributed by atoms with Crippen molar-refractivity contribution < 1.29 is 14.3 Å². The lowest BCUT2D eigenvalue weighted by molar-refractivity contribution is -0.124. The van der Waals surface area contributed by atoms with Gasteiger partial charge in [-0.15, -0.1) is 0 Å². The smallest absolute Gasteiger partial charge is 0.224 e. The molecule has 0 aromatic heterocycles. The van der Waals surface area contributed by atoms with Crippen LogP contribution >= 0.6 is 0 Å². The Hall–Kier alpha value is -0.650. The molecule has 0 spiro atoms. The quantitative estimate of drug-likeness (QED) is 0.516. The minimum absolute atomic E-state index is 0.0251. The Morgan fingerprint density at radius 1 is 1.43 bits per heavy atom. The second-order valence-corrected chi connectivity index (χ2v) is 3.03. The van der Waals surface area contributed by atoms with Crippen LogP contribution in [0.1, 0.15) is 6.92 Å². The molecule has 0 aliphatic rings. The number of carbonyl (C=O) groups is 1. The third-order valence-electron chi connectivity index (χ3n) is 1.78. The fourth-order valence-corrected chi connectivity index (χ4v) is 0.772. The van der Waals surface area contributed by atoms with E-state index >= 15 is 0 Å². The van der Waals surface area contributed by atoms with E-state index in [-0.39, 0.29) is 11.8 Å². The van der Waals surface area contributed by atoms with Crippen molar-refractivity contribution >= 4 is 5.91 Å². The van der Waals surface area contributed by atoms with E-state index < -0.39 is 0 Å². The van der Waals surface area contributed by atoms with E-state index in [9.17, 15) is 4.79 Å². The van der Waals surface area contributed by atoms with Crippen molar-refractivity contribution in [2.45, 2.75) is 6.92 Å². The molecule has 0 aromatic carbocycles. The maximum absolute atomic E-state index is 11.2. The number of carbonyl (C=O) groups excluding carboxylic acids is 1. The molecule has 0 saturated carbocycles. The first kappa shape index (κ1) is 13.4. The van der Waals surface area contributed by atoms with Gasteiger partial charge in [-0.3, -0.25) is 4.79 Å². The zero-order valence-electron chi connectivity index (χ0n) is 8.91. The van der Waals surface area contributed by atoms with Crippen LogP contribution in [0.3, 0.4) is 0 Å². The van der Waals surface area contributed by atoms with Gasteiger partial charge in [-0.05, 0) is 0 Å². The van der Waals surface area contributed by atoms with Crippen molar-refractivity contribution in [3.8, 4) is 0 Å². The first-order valence-corrected chi connectivity index (χ1v) is 4.76. The molecule has 14 heavy (non-hydrogen) atoms. The molecule has 0 radical (unpaired) electrons. The standard InChI is InChI=1S/C9H20N2O3/c1-8(7-10)9(12)11-3-4-14-6-5-13-2/h8H,3-7,10H2,1-2H3,(H,11,12). The predicted molar refractivity (Wildman–Crippen MR) is 53.9 cm³/mol. The molecule has 1 unspecified atom stereocenters. The largest absolute Gasteiger partial charge is 0.382 e. The minimum Gasteiger partial charge on any atom is -0.382 e. The molecule has 0 heterocycles. The monoisotopic (exact) mass is 204 g/mol. The van der Waals surface area contributed by atoms with Crippen LogP contribution in [0.5, 0.6) is 0 Å². The van der Waals surface area contributed by atoms with E-state index in [2.05, 4.69) is 5.32 Å². The fraction of sp³-hybridized carbons (Fsp3) is 0.889. The first-order valence-electron chi connectivity index (χ1n) is 4.76. The van der Waals surface area contributed by atoms with Crippen molar-refractivity contribution in [3.05, 3.63) is 0 Å². The van der Waals surface area contributed by atoms with Crippen molar-refractivity contribution in [1.82, 2.24) is 5.32 Å². The molecule has 3 N–H and O–H groups in total. The highest BCUT2D eigenvalue weighted by Crippen LogP contribution is 1.89. The van der Waals surface area contributed by atoms with Gasteiger partial charge in [0, 0.05) is 26.1 Å². The van der Waals surface area contributed by atoms with E-state index in [1.165, 1.54) is 0 Å². The van der Waals surface area contributed by atoms with E-state index in [0.29, 0.717) is 32.9 Å². The van der Waals surface area contributed by atoms with Gasteiger partial charge >= 0.3 is 0 Å². The number of amides is 1. The Morgan fingerprint density at radius 3 is 2.71 bits per heavy atom. The molecule has 5 nitrogen and oxygen atoms in total. The summed E-state index contributed by atoms with van der Waals surface area (Å²) in [6.07, 6.45) is 0. The summed E-state index contributed by atoms with van der Waals surface area (Å²) in [6, 6.07) is 0. The maximum Gasteiger partial charge on any atom is 0.224 e. The number of rotatable bonds is 8. The molecule has 0 saturated heterocycles. The number of nitrogens with two attached hydrogens (primary N) is 1. The summed E-state index contributed by atoms with van der Waals surface area (Å²) in [5.41, 5.74) is 5.33. The van der Waals surface area contributed by atoms with Gasteiger partial charge in [-0.2, -0.15) is 0 Å². The SMILES string of the molecule is COCCOCCNC(=O)C(C)CN. The zero-order valence-corrected chi connectivity index (χ0v) is 8.91. The van der Waals surface area contributed by atoms with Gasteiger partial charge in [-0.1, -0.05) is 6.92 Å². The summed E-state index contributed by atoms with van der Waals surface area (Å²) < 4.78 is 9.96. The molecule has 0 fully saturated rings. The molecular weight excluding hydrogens is 184 g/mol. The van der Waals surface area contributed by atoms with E-state index in [4.69, 9.17) is 15.2 Å². The van der Waals surface area contributed by atoms with Crippen molar-refractivity contribution in [2.75, 3.05) is 40.0 Å². The topological polar surface area (TPSA) is 73.6 Å². The minimum atomic E-state index is -0.131. The van der Waals surface area contributed by atoms with Crippen LogP contribution in [0.25, 0.3) is 0 Å². The molecule has 0 rings (SSSR count). The van der Waals surface area contributed by atoms with Gasteiger partial charge in [0.1, 0.15) is 0 Å². The van der Waals surface area contributed by atoms with Crippen LogP contribution < -0.4 is 11.1 Å². The van der Waals surface area contributed by atoms with E-state index in [1.54, 1.807) is 14.0 Å². The second kappa shape index (κ2) is 8.93. The summed E-state index contributed by atoms with van der Waals surface area (Å²) in [5, 5.41) is 2.73. The summed E-state index contributed by atoms with van der Waals surface area (Å²) in [4.78, 5) is 11.2. The van der Waals surface area contributed by atoms with Crippen LogP contribution in [0.4, 0.5) is 0 Å². The molecule has 1 atom stereocenters. The second-order valence-electron chi connectivity index (χ2n) is 3.03. The Labute approximate surface area is 84.9 Å². The van der Waals surface area contributed by atoms with Crippen molar-refractivity contribution in [1.29, 1.82) is 0 Å². The van der Waals surface area contributed by atoms with Gasteiger partial charge in [0.25, 0.3) is 0 Å². The maximum atomic E-state index is 11.2. The highest BCUT2D eigenvalue weighted by atomic mass is 16.5. The molecule has 1 amide bonds. The molecule has 0 aromatic rings. The molecule has 84 valence electrons. The Kier molecular flexibility index (Phi) is 8.51. The van der Waals surface area contributed by atoms with Gasteiger partial charge in [0.2, 0.25) is 5.91 Å². The Balaban J connectivity index is 3.23. The predicted octanol–water partition coefficient (Wildman–Crippen LogP) is -0.640. The number of nitrogens with one attached hydrogen (secondary N) is 1. The van der Waals surface area contributed by atoms with E-state index in [1.807, 2.05) is 0 Å². The number of methoxy groups -OCH3 is 1. The van der Waals surface area contributed by atoms with Crippen LogP contribution in [0.2, 0.25) is 0 Å². The van der Waals surface area contributed by atoms with Gasteiger partial charge in [0.15, 0.2) is 0 Å². The van der Waals surface area contributed by atoms with Crippen LogP contribution in [0.15, 0.2) is 0 Å². The molecule has 0 aliphatic heterocycles. The summed E-state index contributed by atoms with van der Waals surface area (Å²) in [6.45, 7) is 4.32. The highest BCUT2D eigenvalue weighted by molar-refractivity contribution is 5.78. The van der Waals surface area contributed by atoms with Gasteiger partial charge in [-0.25, -0.2) is 0 Å². The summed E-state index contributed by atoms with van der Waals surface area (Å²) in [5.74, 6) is -0.156. The summed E-state index contributed by atoms with van der Waals surface area (Å²) >= 11 is 0. The average molecular weight is 204 g/mol. The highest BCUT2D eigenvalue weighted by Gasteiger charge is 2.08. The van der Waals surface area contributed by atoms with Crippen molar-refractivity contribution in [2.24, 2.45) is 11.7 Å². The van der Waals surface area contributed by atoms with Gasteiger partial charge < -0.3 is 20.5 Å². The Bertz CT molecular complexity index is 153. The molecule has 0 bridgehead atoms. The third kappa shape index (κ3) is 6.82. The normalized spacial score (nSPS) is 12.5. The Morgan fingerprint density at radius 2 is 2.14 bits per heavy atom. The van der Waals surface area contributed by atoms with Crippen LogP contribution in [0, 0.1) is 5.92 Å². The first-order chi connectivity index (χ1) is 6.72. The molecular formula is C9H20N2O3. The number of ether oxygens (including phenoxy) is 2. The third-order valence-corrected chi connectivity index (χ3v) is 1.78. The fourth-order valence-electron chi connectivity index (χ4n) is 0.772. The lowest BCUT2D eigenvalue weighted by Gasteiger charge is -2.09. The molecule has 0 aliphatic carbocycles. The van der Waals surface area contributed by atoms with E-state index in [0.717, 1.165) is 0 Å². The molecule has 5 heteroatoms. The lowest BCUT2D eigenvalue weighted by atomic mass is 10.2. The van der Waals surface area contributed by atoms with Crippen LogP contribution in [-0.2, 0) is 14.3 Å². The number of hydrogen-bond donors (Lipinski definition) is 2. The summed E-state index contributed by atoms with van der Waals surface area (Å²) in [7, 11) is 1.62. The van der Waals surface area contributed by atoms with Gasteiger partial charge in [0.05, 0.1) is 19.8 Å².